The van der Waals surface area contributed by atoms with Crippen LogP contribution < -0.4 is 5.32 Å². The molecule has 0 saturated carbocycles. The highest BCUT2D eigenvalue weighted by Gasteiger charge is 2.08. The van der Waals surface area contributed by atoms with Crippen LogP contribution in [0.3, 0.4) is 0 Å². The van der Waals surface area contributed by atoms with Gasteiger partial charge in [-0.15, -0.1) is 0 Å². The highest BCUT2D eigenvalue weighted by atomic mass is 16.1. The van der Waals surface area contributed by atoms with Crippen molar-refractivity contribution in [2.24, 2.45) is 0 Å². The number of nitrogens with one attached hydrogen (secondary N) is 1. The second kappa shape index (κ2) is 6.02. The number of carbonyl (C=O) groups is 1. The van der Waals surface area contributed by atoms with E-state index in [4.69, 9.17) is 0 Å². The minimum Gasteiger partial charge on any atom is -0.377 e. The third kappa shape index (κ3) is 2.86. The molecule has 0 radical (unpaired) electrons. The van der Waals surface area contributed by atoms with Crippen LogP contribution in [0.25, 0.3) is 10.8 Å². The van der Waals surface area contributed by atoms with Crippen molar-refractivity contribution in [2.45, 2.75) is 13.8 Å². The Bertz CT molecular complexity index is 836. The molecule has 0 aliphatic heterocycles. The van der Waals surface area contributed by atoms with Gasteiger partial charge in [-0.2, -0.15) is 0 Å². The van der Waals surface area contributed by atoms with Gasteiger partial charge in [0.15, 0.2) is 5.78 Å². The summed E-state index contributed by atoms with van der Waals surface area (Å²) in [6.45, 7) is 4.45. The number of benzene rings is 3. The molecule has 0 saturated heterocycles. The fraction of sp³-hybridized carbons (Fsp3) is 0.150. The molecule has 0 amide bonds. The Morgan fingerprint density at radius 2 is 1.68 bits per heavy atom. The van der Waals surface area contributed by atoms with E-state index in [9.17, 15) is 4.79 Å². The molecule has 0 fully saturated rings. The summed E-state index contributed by atoms with van der Waals surface area (Å²) in [7, 11) is 0. The lowest BCUT2D eigenvalue weighted by atomic mass is 10.0. The fourth-order valence-corrected chi connectivity index (χ4v) is 2.58. The van der Waals surface area contributed by atoms with Crippen molar-refractivity contribution in [1.82, 2.24) is 0 Å². The predicted molar refractivity (Wildman–Crippen MR) is 92.7 cm³/mol. The average molecular weight is 289 g/mol. The van der Waals surface area contributed by atoms with Gasteiger partial charge in [0.2, 0.25) is 0 Å². The SMILES string of the molecule is Cc1cccc(NCC(=O)c2ccc3ccccc3c2)c1C. The minimum absolute atomic E-state index is 0.103. The number of carbonyl (C=O) groups excluding carboxylic acids is 1. The molecule has 0 unspecified atom stereocenters. The molecule has 0 spiro atoms. The van der Waals surface area contributed by atoms with Gasteiger partial charge < -0.3 is 5.32 Å². The zero-order chi connectivity index (χ0) is 15.5. The van der Waals surface area contributed by atoms with Crippen LogP contribution in [0.4, 0.5) is 5.69 Å². The van der Waals surface area contributed by atoms with Gasteiger partial charge in [0, 0.05) is 11.3 Å². The molecule has 3 aromatic carbocycles. The molecule has 1 N–H and O–H groups in total. The van der Waals surface area contributed by atoms with Crippen molar-refractivity contribution < 1.29 is 4.79 Å². The second-order valence-electron chi connectivity index (χ2n) is 5.59. The standard InChI is InChI=1S/C20H19NO/c1-14-6-5-9-19(15(14)2)21-13-20(22)18-11-10-16-7-3-4-8-17(16)12-18/h3-12,21H,13H2,1-2H3. The summed E-state index contributed by atoms with van der Waals surface area (Å²) < 4.78 is 0. The maximum atomic E-state index is 12.4. The first-order valence-electron chi connectivity index (χ1n) is 7.47. The van der Waals surface area contributed by atoms with Crippen molar-refractivity contribution >= 4 is 22.2 Å². The fourth-order valence-electron chi connectivity index (χ4n) is 2.58. The number of aryl methyl sites for hydroxylation is 1. The van der Waals surface area contributed by atoms with Gasteiger partial charge in [-0.3, -0.25) is 4.79 Å². The van der Waals surface area contributed by atoms with Crippen LogP contribution in [-0.2, 0) is 0 Å². The molecule has 2 nitrogen and oxygen atoms in total. The highest BCUT2D eigenvalue weighted by Crippen LogP contribution is 2.19. The van der Waals surface area contributed by atoms with E-state index in [0.717, 1.165) is 22.0 Å². The normalized spacial score (nSPS) is 10.6. The average Bonchev–Trinajstić information content (AvgIpc) is 2.55. The predicted octanol–water partition coefficient (Wildman–Crippen LogP) is 4.75. The largest absolute Gasteiger partial charge is 0.377 e. The zero-order valence-corrected chi connectivity index (χ0v) is 12.9. The summed E-state index contributed by atoms with van der Waals surface area (Å²) in [6, 6.07) is 20.0. The van der Waals surface area contributed by atoms with Crippen molar-refractivity contribution in [1.29, 1.82) is 0 Å². The van der Waals surface area contributed by atoms with Gasteiger partial charge in [0.25, 0.3) is 0 Å². The van der Waals surface area contributed by atoms with Crippen molar-refractivity contribution in [2.75, 3.05) is 11.9 Å². The van der Waals surface area contributed by atoms with E-state index in [0.29, 0.717) is 6.54 Å². The van der Waals surface area contributed by atoms with Crippen molar-refractivity contribution in [3.05, 3.63) is 77.4 Å². The monoisotopic (exact) mass is 289 g/mol. The third-order valence-electron chi connectivity index (χ3n) is 4.12. The first-order chi connectivity index (χ1) is 10.6. The Morgan fingerprint density at radius 1 is 0.909 bits per heavy atom. The molecule has 22 heavy (non-hydrogen) atoms. The van der Waals surface area contributed by atoms with Gasteiger partial charge >= 0.3 is 0 Å². The van der Waals surface area contributed by atoms with Gasteiger partial charge in [-0.05, 0) is 47.9 Å². The number of fused-ring (bicyclic) bond motifs is 1. The molecular weight excluding hydrogens is 270 g/mol. The van der Waals surface area contributed by atoms with Gasteiger partial charge in [-0.25, -0.2) is 0 Å². The second-order valence-corrected chi connectivity index (χ2v) is 5.59. The van der Waals surface area contributed by atoms with Crippen molar-refractivity contribution in [3.63, 3.8) is 0 Å². The molecule has 110 valence electrons. The molecule has 0 aromatic heterocycles. The van der Waals surface area contributed by atoms with Crippen LogP contribution in [-0.4, -0.2) is 12.3 Å². The molecular formula is C20H19NO. The lowest BCUT2D eigenvalue weighted by Crippen LogP contribution is -2.14. The molecule has 3 rings (SSSR count). The smallest absolute Gasteiger partial charge is 0.181 e. The third-order valence-corrected chi connectivity index (χ3v) is 4.12. The number of hydrogen-bond donors (Lipinski definition) is 1. The van der Waals surface area contributed by atoms with E-state index < -0.39 is 0 Å². The molecule has 0 aliphatic rings. The summed E-state index contributed by atoms with van der Waals surface area (Å²) in [5.41, 5.74) is 4.18. The Balaban J connectivity index is 1.77. The Kier molecular flexibility index (Phi) is 3.92. The van der Waals surface area contributed by atoms with E-state index in [1.54, 1.807) is 0 Å². The van der Waals surface area contributed by atoms with E-state index in [-0.39, 0.29) is 5.78 Å². The Hall–Kier alpha value is -2.61. The Morgan fingerprint density at radius 3 is 2.50 bits per heavy atom. The highest BCUT2D eigenvalue weighted by molar-refractivity contribution is 6.02. The van der Waals surface area contributed by atoms with Crippen LogP contribution in [0.5, 0.6) is 0 Å². The summed E-state index contributed by atoms with van der Waals surface area (Å²) in [5, 5.41) is 5.50. The number of Topliss-reactive ketones (excluding diaryl/α,β-unsaturated/α-hetero) is 1. The van der Waals surface area contributed by atoms with E-state index >= 15 is 0 Å². The molecule has 2 heteroatoms. The molecule has 0 aliphatic carbocycles. The molecule has 0 atom stereocenters. The molecule has 0 heterocycles. The number of ketones is 1. The summed E-state index contributed by atoms with van der Waals surface area (Å²) in [4.78, 5) is 12.4. The van der Waals surface area contributed by atoms with Gasteiger partial charge in [0.1, 0.15) is 0 Å². The van der Waals surface area contributed by atoms with Crippen LogP contribution in [0.15, 0.2) is 60.7 Å². The minimum atomic E-state index is 0.103. The molecule has 0 bridgehead atoms. The van der Waals surface area contributed by atoms with Crippen molar-refractivity contribution in [3.8, 4) is 0 Å². The maximum absolute atomic E-state index is 12.4. The quantitative estimate of drug-likeness (QED) is 0.702. The molecule has 3 aromatic rings. The first-order valence-corrected chi connectivity index (χ1v) is 7.47. The van der Waals surface area contributed by atoms with Crippen LogP contribution in [0, 0.1) is 13.8 Å². The lowest BCUT2D eigenvalue weighted by molar-refractivity contribution is 0.101. The summed E-state index contributed by atoms with van der Waals surface area (Å²) in [5.74, 6) is 0.103. The number of rotatable bonds is 4. The van der Waals surface area contributed by atoms with Gasteiger partial charge in [-0.1, -0.05) is 48.5 Å². The maximum Gasteiger partial charge on any atom is 0.181 e. The van der Waals surface area contributed by atoms with Crippen LogP contribution in [0.2, 0.25) is 0 Å². The Labute approximate surface area is 130 Å². The van der Waals surface area contributed by atoms with E-state index in [1.165, 1.54) is 11.1 Å². The lowest BCUT2D eigenvalue weighted by Gasteiger charge is -2.11. The summed E-state index contributed by atoms with van der Waals surface area (Å²) in [6.07, 6.45) is 0. The van der Waals surface area contributed by atoms with Crippen LogP contribution >= 0.6 is 0 Å². The number of hydrogen-bond acceptors (Lipinski definition) is 2. The number of anilines is 1. The van der Waals surface area contributed by atoms with Gasteiger partial charge in [0.05, 0.1) is 6.54 Å². The van der Waals surface area contributed by atoms with Crippen LogP contribution in [0.1, 0.15) is 21.5 Å². The summed E-state index contributed by atoms with van der Waals surface area (Å²) >= 11 is 0. The van der Waals surface area contributed by atoms with E-state index in [2.05, 4.69) is 31.3 Å². The zero-order valence-electron chi connectivity index (χ0n) is 12.9. The topological polar surface area (TPSA) is 29.1 Å². The van der Waals surface area contributed by atoms with E-state index in [1.807, 2.05) is 48.5 Å². The first kappa shape index (κ1) is 14.3.